The minimum absolute atomic E-state index is 0.425. The van der Waals surface area contributed by atoms with Gasteiger partial charge >= 0.3 is 0 Å². The monoisotopic (exact) mass is 196 g/mol. The number of anilines is 1. The Balaban J connectivity index is 1.74. The molecular weight excluding hydrogens is 180 g/mol. The van der Waals surface area contributed by atoms with Crippen molar-refractivity contribution in [3.63, 3.8) is 0 Å². The molecule has 0 atom stereocenters. The van der Waals surface area contributed by atoms with E-state index >= 15 is 0 Å². The fraction of sp³-hybridized carbons (Fsp3) is 0.700. The van der Waals surface area contributed by atoms with E-state index in [0.29, 0.717) is 18.2 Å². The molecule has 2 rings (SSSR count). The van der Waals surface area contributed by atoms with Crippen LogP contribution in [0.1, 0.15) is 25.5 Å². The highest BCUT2D eigenvalue weighted by Gasteiger charge is 2.30. The van der Waals surface area contributed by atoms with Crippen molar-refractivity contribution < 1.29 is 9.15 Å². The average molecular weight is 196 g/mol. The van der Waals surface area contributed by atoms with E-state index < -0.39 is 0 Å². The number of ether oxygens (including phenoxy) is 1. The lowest BCUT2D eigenvalue weighted by Crippen LogP contribution is -2.40. The Morgan fingerprint density at radius 2 is 2.43 bits per heavy atom. The lowest BCUT2D eigenvalue weighted by Gasteiger charge is -2.34. The molecule has 0 aliphatic heterocycles. The van der Waals surface area contributed by atoms with E-state index in [9.17, 15) is 0 Å². The third kappa shape index (κ3) is 2.07. The molecule has 1 heterocycles. The second kappa shape index (κ2) is 4.00. The van der Waals surface area contributed by atoms with E-state index in [1.165, 1.54) is 0 Å². The molecule has 78 valence electrons. The van der Waals surface area contributed by atoms with E-state index in [0.717, 1.165) is 25.1 Å². The van der Waals surface area contributed by atoms with Gasteiger partial charge in [0.2, 0.25) is 0 Å². The van der Waals surface area contributed by atoms with E-state index in [-0.39, 0.29) is 0 Å². The van der Waals surface area contributed by atoms with E-state index in [4.69, 9.17) is 9.15 Å². The molecule has 0 aromatic carbocycles. The molecule has 1 aromatic heterocycles. The summed E-state index contributed by atoms with van der Waals surface area (Å²) >= 11 is 0. The van der Waals surface area contributed by atoms with Gasteiger partial charge in [-0.3, -0.25) is 0 Å². The fourth-order valence-electron chi connectivity index (χ4n) is 1.65. The molecule has 1 fully saturated rings. The summed E-state index contributed by atoms with van der Waals surface area (Å²) in [6, 6.07) is 1.09. The first-order chi connectivity index (χ1) is 6.78. The Labute approximate surface area is 83.7 Å². The van der Waals surface area contributed by atoms with Crippen LogP contribution >= 0.6 is 0 Å². The molecule has 0 unspecified atom stereocenters. The number of nitrogens with one attached hydrogen (secondary N) is 1. The minimum Gasteiger partial charge on any atom is -0.432 e. The molecule has 0 amide bonds. The molecule has 1 saturated carbocycles. The fourth-order valence-corrected chi connectivity index (χ4v) is 1.65. The smallest absolute Gasteiger partial charge is 0.294 e. The molecule has 0 radical (unpaired) electrons. The number of aryl methyl sites for hydroxylation is 1. The summed E-state index contributed by atoms with van der Waals surface area (Å²) in [7, 11) is 0. The standard InChI is InChI=1S/C10H16N2O2/c1-3-13-9-4-8(5-9)12-10-11-7(2)6-14-10/h6,8-9H,3-5H2,1-2H3,(H,11,12). The summed E-state index contributed by atoms with van der Waals surface area (Å²) in [5.74, 6) is 0. The Bertz CT molecular complexity index is 292. The molecule has 1 aliphatic rings. The highest BCUT2D eigenvalue weighted by Crippen LogP contribution is 2.26. The quantitative estimate of drug-likeness (QED) is 0.799. The SMILES string of the molecule is CCOC1CC(Nc2nc(C)co2)C1. The first-order valence-corrected chi connectivity index (χ1v) is 5.08. The molecule has 4 heteroatoms. The van der Waals surface area contributed by atoms with Gasteiger partial charge in [0, 0.05) is 12.6 Å². The van der Waals surface area contributed by atoms with Crippen LogP contribution in [-0.4, -0.2) is 23.7 Å². The average Bonchev–Trinajstić information content (AvgIpc) is 2.48. The lowest BCUT2D eigenvalue weighted by atomic mass is 9.89. The Morgan fingerprint density at radius 3 is 3.00 bits per heavy atom. The van der Waals surface area contributed by atoms with Crippen LogP contribution in [0.2, 0.25) is 0 Å². The van der Waals surface area contributed by atoms with Crippen molar-refractivity contribution in [2.45, 2.75) is 38.8 Å². The lowest BCUT2D eigenvalue weighted by molar-refractivity contribution is 0.00257. The summed E-state index contributed by atoms with van der Waals surface area (Å²) in [5, 5.41) is 3.23. The predicted octanol–water partition coefficient (Wildman–Crippen LogP) is 1.96. The van der Waals surface area contributed by atoms with Gasteiger partial charge in [-0.15, -0.1) is 0 Å². The normalized spacial score (nSPS) is 25.9. The van der Waals surface area contributed by atoms with Gasteiger partial charge in [-0.25, -0.2) is 0 Å². The van der Waals surface area contributed by atoms with Crippen LogP contribution in [0.5, 0.6) is 0 Å². The van der Waals surface area contributed by atoms with Gasteiger partial charge in [-0.05, 0) is 26.7 Å². The Hall–Kier alpha value is -1.03. The van der Waals surface area contributed by atoms with Crippen LogP contribution < -0.4 is 5.32 Å². The molecule has 1 N–H and O–H groups in total. The van der Waals surface area contributed by atoms with Gasteiger partial charge < -0.3 is 14.5 Å². The maximum atomic E-state index is 5.46. The summed E-state index contributed by atoms with van der Waals surface area (Å²) in [6.07, 6.45) is 4.18. The summed E-state index contributed by atoms with van der Waals surface area (Å²) in [6.45, 7) is 4.74. The molecular formula is C10H16N2O2. The number of rotatable bonds is 4. The molecule has 0 bridgehead atoms. The van der Waals surface area contributed by atoms with Gasteiger partial charge in [0.1, 0.15) is 6.26 Å². The third-order valence-corrected chi connectivity index (χ3v) is 2.44. The summed E-state index contributed by atoms with van der Waals surface area (Å²) in [5.41, 5.74) is 0.910. The number of nitrogens with zero attached hydrogens (tertiary/aromatic N) is 1. The number of oxazole rings is 1. The van der Waals surface area contributed by atoms with Gasteiger partial charge in [-0.2, -0.15) is 4.98 Å². The second-order valence-corrected chi connectivity index (χ2v) is 3.68. The van der Waals surface area contributed by atoms with Crippen molar-refractivity contribution in [2.75, 3.05) is 11.9 Å². The van der Waals surface area contributed by atoms with Crippen molar-refractivity contribution in [1.82, 2.24) is 4.98 Å². The number of aromatic nitrogens is 1. The topological polar surface area (TPSA) is 47.3 Å². The van der Waals surface area contributed by atoms with Crippen molar-refractivity contribution >= 4 is 6.01 Å². The third-order valence-electron chi connectivity index (χ3n) is 2.44. The summed E-state index contributed by atoms with van der Waals surface area (Å²) < 4.78 is 10.7. The Kier molecular flexibility index (Phi) is 2.72. The van der Waals surface area contributed by atoms with Crippen molar-refractivity contribution in [2.24, 2.45) is 0 Å². The molecule has 4 nitrogen and oxygen atoms in total. The number of hydrogen-bond donors (Lipinski definition) is 1. The van der Waals surface area contributed by atoms with Gasteiger partial charge in [0.05, 0.1) is 11.8 Å². The molecule has 1 aromatic rings. The first kappa shape index (κ1) is 9.52. The molecule has 1 aliphatic carbocycles. The zero-order valence-electron chi connectivity index (χ0n) is 8.62. The van der Waals surface area contributed by atoms with Crippen LogP contribution in [0, 0.1) is 6.92 Å². The van der Waals surface area contributed by atoms with E-state index in [1.54, 1.807) is 6.26 Å². The maximum absolute atomic E-state index is 5.46. The van der Waals surface area contributed by atoms with Crippen LogP contribution in [-0.2, 0) is 4.74 Å². The van der Waals surface area contributed by atoms with Gasteiger partial charge in [0.25, 0.3) is 6.01 Å². The second-order valence-electron chi connectivity index (χ2n) is 3.68. The number of hydrogen-bond acceptors (Lipinski definition) is 4. The maximum Gasteiger partial charge on any atom is 0.294 e. The highest BCUT2D eigenvalue weighted by molar-refractivity contribution is 5.24. The zero-order chi connectivity index (χ0) is 9.97. The predicted molar refractivity (Wildman–Crippen MR) is 53.3 cm³/mol. The van der Waals surface area contributed by atoms with Crippen LogP contribution in [0.3, 0.4) is 0 Å². The summed E-state index contributed by atoms with van der Waals surface area (Å²) in [4.78, 5) is 4.18. The largest absolute Gasteiger partial charge is 0.432 e. The van der Waals surface area contributed by atoms with Gasteiger partial charge in [-0.1, -0.05) is 0 Å². The minimum atomic E-state index is 0.425. The van der Waals surface area contributed by atoms with E-state index in [1.807, 2.05) is 13.8 Å². The first-order valence-electron chi connectivity index (χ1n) is 5.08. The molecule has 0 spiro atoms. The molecule has 14 heavy (non-hydrogen) atoms. The van der Waals surface area contributed by atoms with Crippen molar-refractivity contribution in [3.05, 3.63) is 12.0 Å². The van der Waals surface area contributed by atoms with Gasteiger partial charge in [0.15, 0.2) is 0 Å². The van der Waals surface area contributed by atoms with E-state index in [2.05, 4.69) is 10.3 Å². The zero-order valence-corrected chi connectivity index (χ0v) is 8.62. The van der Waals surface area contributed by atoms with Crippen molar-refractivity contribution in [3.8, 4) is 0 Å². The highest BCUT2D eigenvalue weighted by atomic mass is 16.5. The van der Waals surface area contributed by atoms with Crippen LogP contribution in [0.25, 0.3) is 0 Å². The molecule has 0 saturated heterocycles. The Morgan fingerprint density at radius 1 is 1.64 bits per heavy atom. The van der Waals surface area contributed by atoms with Crippen LogP contribution in [0.15, 0.2) is 10.7 Å². The van der Waals surface area contributed by atoms with Crippen molar-refractivity contribution in [1.29, 1.82) is 0 Å². The van der Waals surface area contributed by atoms with Crippen LogP contribution in [0.4, 0.5) is 6.01 Å².